The van der Waals surface area contributed by atoms with E-state index in [9.17, 15) is 4.79 Å². The Morgan fingerprint density at radius 3 is 2.06 bits per heavy atom. The van der Waals surface area contributed by atoms with Gasteiger partial charge in [0, 0.05) is 27.1 Å². The normalized spacial score (nSPS) is 13.7. The van der Waals surface area contributed by atoms with Gasteiger partial charge >= 0.3 is 0 Å². The van der Waals surface area contributed by atoms with Gasteiger partial charge in [-0.05, 0) is 25.9 Å². The molecule has 94 valence electrons. The van der Waals surface area contributed by atoms with E-state index in [2.05, 4.69) is 11.0 Å². The third-order valence-electron chi connectivity index (χ3n) is 1.95. The number of carbonyl (C=O) groups is 1. The maximum Gasteiger partial charge on any atom is 0.209 e. The van der Waals surface area contributed by atoms with Crippen molar-refractivity contribution in [3.8, 4) is 6.07 Å². The lowest BCUT2D eigenvalue weighted by atomic mass is 10.4. The second-order valence-electron chi connectivity index (χ2n) is 3.53. The summed E-state index contributed by atoms with van der Waals surface area (Å²) in [5.74, 6) is 0. The van der Waals surface area contributed by atoms with Crippen molar-refractivity contribution in [3.63, 3.8) is 0 Å². The average molecular weight is 227 g/mol. The maximum absolute atomic E-state index is 9.43. The molecule has 4 nitrogen and oxygen atoms in total. The summed E-state index contributed by atoms with van der Waals surface area (Å²) in [5, 5.41) is 8.25. The standard InChI is InChI=1S/C7H12N2.C3H7NO.C2H6/c8-4-3-7-9-5-1-2-6-9;1-4(2)3-5;1-2/h1-3,5-7H2;3H,1-2H3;1-2H3. The summed E-state index contributed by atoms with van der Waals surface area (Å²) in [6.07, 6.45) is 4.09. The van der Waals surface area contributed by atoms with Crippen LogP contribution in [0.3, 0.4) is 0 Å². The van der Waals surface area contributed by atoms with Crippen LogP contribution in [0, 0.1) is 11.3 Å². The summed E-state index contributed by atoms with van der Waals surface area (Å²) in [6, 6.07) is 2.15. The first kappa shape index (κ1) is 17.3. The molecule has 0 unspecified atom stereocenters. The van der Waals surface area contributed by atoms with E-state index in [0.717, 1.165) is 13.0 Å². The molecule has 16 heavy (non-hydrogen) atoms. The Morgan fingerprint density at radius 2 is 1.75 bits per heavy atom. The second-order valence-corrected chi connectivity index (χ2v) is 3.53. The molecule has 1 amide bonds. The van der Waals surface area contributed by atoms with Crippen LogP contribution >= 0.6 is 0 Å². The van der Waals surface area contributed by atoms with E-state index in [1.54, 1.807) is 14.1 Å². The molecule has 0 radical (unpaired) electrons. The summed E-state index contributed by atoms with van der Waals surface area (Å²) in [5.41, 5.74) is 0. The number of hydrogen-bond donors (Lipinski definition) is 0. The van der Waals surface area contributed by atoms with Gasteiger partial charge in [-0.2, -0.15) is 5.26 Å². The quantitative estimate of drug-likeness (QED) is 0.690. The van der Waals surface area contributed by atoms with Gasteiger partial charge in [0.05, 0.1) is 6.07 Å². The lowest BCUT2D eigenvalue weighted by Gasteiger charge is -2.10. The summed E-state index contributed by atoms with van der Waals surface area (Å²) in [6.45, 7) is 7.40. The maximum atomic E-state index is 9.43. The Morgan fingerprint density at radius 1 is 1.31 bits per heavy atom. The lowest BCUT2D eigenvalue weighted by molar-refractivity contribution is -0.115. The zero-order valence-corrected chi connectivity index (χ0v) is 11.1. The fourth-order valence-electron chi connectivity index (χ4n) is 1.21. The van der Waals surface area contributed by atoms with Crippen molar-refractivity contribution in [1.29, 1.82) is 5.26 Å². The predicted octanol–water partition coefficient (Wildman–Crippen LogP) is 1.73. The zero-order chi connectivity index (χ0) is 12.8. The number of likely N-dealkylation sites (tertiary alicyclic amines) is 1. The molecule has 0 bridgehead atoms. The molecule has 1 rings (SSSR count). The van der Waals surface area contributed by atoms with E-state index in [1.165, 1.54) is 30.8 Å². The van der Waals surface area contributed by atoms with Crippen molar-refractivity contribution >= 4 is 6.41 Å². The highest BCUT2D eigenvalue weighted by molar-refractivity contribution is 5.45. The van der Waals surface area contributed by atoms with Gasteiger partial charge < -0.3 is 9.80 Å². The minimum atomic E-state index is 0.694. The van der Waals surface area contributed by atoms with Crippen molar-refractivity contribution in [2.75, 3.05) is 33.7 Å². The van der Waals surface area contributed by atoms with Crippen LogP contribution in [-0.4, -0.2) is 49.9 Å². The highest BCUT2D eigenvalue weighted by atomic mass is 16.1. The van der Waals surface area contributed by atoms with Crippen LogP contribution in [0.2, 0.25) is 0 Å². The van der Waals surface area contributed by atoms with Crippen LogP contribution in [0.5, 0.6) is 0 Å². The third kappa shape index (κ3) is 12.9. The Kier molecular flexibility index (Phi) is 15.1. The minimum Gasteiger partial charge on any atom is -0.351 e. The molecular weight excluding hydrogens is 202 g/mol. The van der Waals surface area contributed by atoms with Gasteiger partial charge in [0.25, 0.3) is 0 Å². The predicted molar refractivity (Wildman–Crippen MR) is 67.0 cm³/mol. The van der Waals surface area contributed by atoms with Gasteiger partial charge in [-0.1, -0.05) is 13.8 Å². The van der Waals surface area contributed by atoms with Crippen LogP contribution in [0.4, 0.5) is 0 Å². The molecule has 1 aliphatic rings. The van der Waals surface area contributed by atoms with Crippen LogP contribution in [0.1, 0.15) is 33.1 Å². The molecule has 0 saturated carbocycles. The molecule has 0 aromatic carbocycles. The van der Waals surface area contributed by atoms with Crippen molar-refractivity contribution in [2.45, 2.75) is 33.1 Å². The Hall–Kier alpha value is -1.08. The van der Waals surface area contributed by atoms with Crippen LogP contribution in [0.15, 0.2) is 0 Å². The zero-order valence-electron chi connectivity index (χ0n) is 11.1. The smallest absolute Gasteiger partial charge is 0.209 e. The number of rotatable bonds is 3. The fourth-order valence-corrected chi connectivity index (χ4v) is 1.21. The van der Waals surface area contributed by atoms with E-state index in [4.69, 9.17) is 5.26 Å². The van der Waals surface area contributed by atoms with Gasteiger partial charge in [0.1, 0.15) is 0 Å². The lowest BCUT2D eigenvalue weighted by Crippen LogP contribution is -2.19. The molecule has 1 aliphatic heterocycles. The van der Waals surface area contributed by atoms with Gasteiger partial charge in [0.15, 0.2) is 0 Å². The largest absolute Gasteiger partial charge is 0.351 e. The van der Waals surface area contributed by atoms with Gasteiger partial charge in [-0.15, -0.1) is 0 Å². The molecule has 0 atom stereocenters. The molecule has 4 heteroatoms. The second kappa shape index (κ2) is 13.9. The van der Waals surface area contributed by atoms with Crippen molar-refractivity contribution < 1.29 is 4.79 Å². The number of hydrogen-bond acceptors (Lipinski definition) is 3. The first-order valence-corrected chi connectivity index (χ1v) is 5.91. The van der Waals surface area contributed by atoms with Gasteiger partial charge in [-0.3, -0.25) is 4.79 Å². The first-order chi connectivity index (χ1) is 7.70. The van der Waals surface area contributed by atoms with Crippen LogP contribution in [0.25, 0.3) is 0 Å². The molecule has 0 aromatic heterocycles. The Bertz CT molecular complexity index is 181. The fraction of sp³-hybridized carbons (Fsp3) is 0.833. The molecule has 0 spiro atoms. The number of carbonyl (C=O) groups excluding carboxylic acids is 1. The third-order valence-corrected chi connectivity index (χ3v) is 1.95. The van der Waals surface area contributed by atoms with Crippen LogP contribution in [-0.2, 0) is 4.79 Å². The summed E-state index contributed by atoms with van der Waals surface area (Å²) in [7, 11) is 3.38. The molecule has 1 heterocycles. The molecule has 0 N–H and O–H groups in total. The summed E-state index contributed by atoms with van der Waals surface area (Å²) < 4.78 is 0. The summed E-state index contributed by atoms with van der Waals surface area (Å²) >= 11 is 0. The van der Waals surface area contributed by atoms with Gasteiger partial charge in [-0.25, -0.2) is 0 Å². The molecule has 0 aromatic rings. The highest BCUT2D eigenvalue weighted by Gasteiger charge is 2.09. The minimum absolute atomic E-state index is 0.694. The van der Waals surface area contributed by atoms with E-state index in [1.807, 2.05) is 13.8 Å². The van der Waals surface area contributed by atoms with Crippen LogP contribution < -0.4 is 0 Å². The van der Waals surface area contributed by atoms with E-state index >= 15 is 0 Å². The van der Waals surface area contributed by atoms with E-state index < -0.39 is 0 Å². The van der Waals surface area contributed by atoms with Crippen molar-refractivity contribution in [3.05, 3.63) is 0 Å². The average Bonchev–Trinajstić information content (AvgIpc) is 2.82. The van der Waals surface area contributed by atoms with Crippen molar-refractivity contribution in [1.82, 2.24) is 9.80 Å². The van der Waals surface area contributed by atoms with Crippen molar-refractivity contribution in [2.24, 2.45) is 0 Å². The van der Waals surface area contributed by atoms with E-state index in [-0.39, 0.29) is 0 Å². The number of amides is 1. The topological polar surface area (TPSA) is 47.3 Å². The number of nitrogens with zero attached hydrogens (tertiary/aromatic N) is 3. The Balaban J connectivity index is 0. The summed E-state index contributed by atoms with van der Waals surface area (Å²) in [4.78, 5) is 13.2. The Labute approximate surface area is 99.8 Å². The van der Waals surface area contributed by atoms with E-state index in [0.29, 0.717) is 6.42 Å². The monoisotopic (exact) mass is 227 g/mol. The van der Waals surface area contributed by atoms with Gasteiger partial charge in [0.2, 0.25) is 6.41 Å². The number of nitriles is 1. The highest BCUT2D eigenvalue weighted by Crippen LogP contribution is 2.06. The molecule has 1 fully saturated rings. The first-order valence-electron chi connectivity index (χ1n) is 5.91. The molecule has 1 saturated heterocycles. The molecular formula is C12H25N3O. The molecule has 0 aliphatic carbocycles. The SMILES string of the molecule is CC.CN(C)C=O.N#CCCN1CCCC1.